The molecule has 24 heavy (non-hydrogen) atoms. The second kappa shape index (κ2) is 7.14. The summed E-state index contributed by atoms with van der Waals surface area (Å²) in [5.74, 6) is 0.237. The Kier molecular flexibility index (Phi) is 5.15. The fourth-order valence-electron chi connectivity index (χ4n) is 2.75. The van der Waals surface area contributed by atoms with Gasteiger partial charge in [-0.2, -0.15) is 0 Å². The second-order valence-corrected chi connectivity index (χ2v) is 9.11. The van der Waals surface area contributed by atoms with Crippen LogP contribution in [0.3, 0.4) is 0 Å². The van der Waals surface area contributed by atoms with Crippen molar-refractivity contribution in [1.29, 1.82) is 0 Å². The zero-order valence-electron chi connectivity index (χ0n) is 12.9. The van der Waals surface area contributed by atoms with E-state index in [0.29, 0.717) is 22.6 Å². The Bertz CT molecular complexity index is 805. The van der Waals surface area contributed by atoms with Crippen LogP contribution in [0.25, 0.3) is 0 Å². The Morgan fingerprint density at radius 1 is 1.17 bits per heavy atom. The van der Waals surface area contributed by atoms with Gasteiger partial charge in [-0.05, 0) is 35.4 Å². The smallest absolute Gasteiger partial charge is 0.184 e. The zero-order valence-corrected chi connectivity index (χ0v) is 14.6. The van der Waals surface area contributed by atoms with Gasteiger partial charge in [0.1, 0.15) is 11.5 Å². The molecule has 2 aromatic rings. The normalized spacial score (nSPS) is 19.7. The first-order valence-corrected chi connectivity index (χ1v) is 10.5. The van der Waals surface area contributed by atoms with Crippen molar-refractivity contribution in [3.8, 4) is 5.75 Å². The number of fused-ring (bicyclic) bond motifs is 1. The van der Waals surface area contributed by atoms with E-state index < -0.39 is 26.3 Å². The number of rotatable bonds is 6. The SMILES string of the molecule is O=S1(=O)CC([S+]([O-])c2ccccc2)c2c(OCCCO)cccc21. The summed E-state index contributed by atoms with van der Waals surface area (Å²) in [6, 6.07) is 13.7. The van der Waals surface area contributed by atoms with E-state index in [0.717, 1.165) is 0 Å². The van der Waals surface area contributed by atoms with Gasteiger partial charge in [-0.15, -0.1) is 0 Å². The molecule has 1 aliphatic heterocycles. The minimum atomic E-state index is -3.48. The quantitative estimate of drug-likeness (QED) is 0.625. The number of ether oxygens (including phenoxy) is 1. The maximum absolute atomic E-state index is 12.9. The number of aliphatic hydroxyl groups is 1. The molecular weight excluding hydrogens is 348 g/mol. The van der Waals surface area contributed by atoms with Gasteiger partial charge < -0.3 is 14.4 Å². The first-order valence-electron chi connectivity index (χ1n) is 7.59. The van der Waals surface area contributed by atoms with Gasteiger partial charge >= 0.3 is 0 Å². The zero-order chi connectivity index (χ0) is 17.2. The highest BCUT2D eigenvalue weighted by Crippen LogP contribution is 2.45. The van der Waals surface area contributed by atoms with E-state index in [9.17, 15) is 13.0 Å². The molecule has 0 saturated heterocycles. The highest BCUT2D eigenvalue weighted by molar-refractivity contribution is 7.96. The number of hydrogen-bond donors (Lipinski definition) is 1. The van der Waals surface area contributed by atoms with E-state index in [4.69, 9.17) is 9.84 Å². The van der Waals surface area contributed by atoms with Crippen LogP contribution >= 0.6 is 0 Å². The molecule has 1 N–H and O–H groups in total. The van der Waals surface area contributed by atoms with Crippen LogP contribution in [-0.4, -0.2) is 37.0 Å². The minimum Gasteiger partial charge on any atom is -0.611 e. The maximum atomic E-state index is 12.9. The largest absolute Gasteiger partial charge is 0.611 e. The summed E-state index contributed by atoms with van der Waals surface area (Å²) in [6.07, 6.45) is 0.447. The summed E-state index contributed by atoms with van der Waals surface area (Å²) >= 11 is -1.49. The fourth-order valence-corrected chi connectivity index (χ4v) is 6.67. The molecule has 0 aliphatic carbocycles. The monoisotopic (exact) mass is 366 g/mol. The van der Waals surface area contributed by atoms with E-state index in [2.05, 4.69) is 0 Å². The molecule has 1 heterocycles. The van der Waals surface area contributed by atoms with Crippen LogP contribution in [0.15, 0.2) is 58.3 Å². The number of hydrogen-bond acceptors (Lipinski definition) is 5. The summed E-state index contributed by atoms with van der Waals surface area (Å²) in [4.78, 5) is 0.786. The standard InChI is InChI=1S/C17H18O5S2/c18-10-5-11-22-14-8-4-9-16-17(14)15(12-24(16,20)21)23(19)13-6-2-1-3-7-13/h1-4,6-9,15,18H,5,10-12H2. The highest BCUT2D eigenvalue weighted by Gasteiger charge is 2.44. The molecule has 0 amide bonds. The molecule has 1 aliphatic rings. The first-order chi connectivity index (χ1) is 11.5. The van der Waals surface area contributed by atoms with Gasteiger partial charge in [0.25, 0.3) is 0 Å². The van der Waals surface area contributed by atoms with Crippen molar-refractivity contribution in [1.82, 2.24) is 0 Å². The van der Waals surface area contributed by atoms with Crippen LogP contribution in [0.5, 0.6) is 5.75 Å². The Morgan fingerprint density at radius 2 is 1.92 bits per heavy atom. The molecule has 7 heteroatoms. The highest BCUT2D eigenvalue weighted by atomic mass is 32.2. The van der Waals surface area contributed by atoms with E-state index in [1.807, 2.05) is 6.07 Å². The average Bonchev–Trinajstić information content (AvgIpc) is 2.87. The van der Waals surface area contributed by atoms with Gasteiger partial charge in [0, 0.05) is 13.0 Å². The lowest BCUT2D eigenvalue weighted by molar-refractivity contribution is 0.232. The molecule has 0 spiro atoms. The molecule has 0 fully saturated rings. The third-order valence-corrected chi connectivity index (χ3v) is 7.51. The Labute approximate surface area is 144 Å². The number of aliphatic hydroxyl groups excluding tert-OH is 1. The Morgan fingerprint density at radius 3 is 2.62 bits per heavy atom. The summed E-state index contributed by atoms with van der Waals surface area (Å²) in [5, 5.41) is 8.23. The van der Waals surface area contributed by atoms with Crippen LogP contribution in [-0.2, 0) is 21.0 Å². The van der Waals surface area contributed by atoms with Crippen molar-refractivity contribution in [2.24, 2.45) is 0 Å². The summed E-state index contributed by atoms with van der Waals surface area (Å²) in [7, 11) is -3.48. The van der Waals surface area contributed by atoms with Crippen LogP contribution < -0.4 is 4.74 Å². The van der Waals surface area contributed by atoms with Crippen molar-refractivity contribution in [3.63, 3.8) is 0 Å². The third kappa shape index (κ3) is 3.30. The lowest BCUT2D eigenvalue weighted by atomic mass is 10.1. The van der Waals surface area contributed by atoms with E-state index in [1.165, 1.54) is 6.07 Å². The van der Waals surface area contributed by atoms with Crippen LogP contribution in [0.2, 0.25) is 0 Å². The Hall–Kier alpha value is -1.54. The lowest BCUT2D eigenvalue weighted by Gasteiger charge is -2.19. The topological polar surface area (TPSA) is 86.7 Å². The van der Waals surface area contributed by atoms with Gasteiger partial charge in [-0.1, -0.05) is 24.3 Å². The molecule has 128 valence electrons. The van der Waals surface area contributed by atoms with Crippen molar-refractivity contribution < 1.29 is 22.8 Å². The van der Waals surface area contributed by atoms with Gasteiger partial charge in [-0.25, -0.2) is 8.42 Å². The molecule has 2 aromatic carbocycles. The summed E-state index contributed by atoms with van der Waals surface area (Å²) in [6.45, 7) is 0.268. The molecular formula is C17H18O5S2. The fraction of sp³-hybridized carbons (Fsp3) is 0.294. The van der Waals surface area contributed by atoms with E-state index in [1.54, 1.807) is 36.4 Å². The van der Waals surface area contributed by atoms with Crippen molar-refractivity contribution in [2.75, 3.05) is 19.0 Å². The van der Waals surface area contributed by atoms with Crippen molar-refractivity contribution in [2.45, 2.75) is 21.5 Å². The van der Waals surface area contributed by atoms with Crippen LogP contribution in [0.1, 0.15) is 17.2 Å². The molecule has 2 atom stereocenters. The lowest BCUT2D eigenvalue weighted by Crippen LogP contribution is -2.16. The van der Waals surface area contributed by atoms with Gasteiger partial charge in [-0.3, -0.25) is 0 Å². The molecule has 0 saturated carbocycles. The summed E-state index contributed by atoms with van der Waals surface area (Å²) in [5.41, 5.74) is 0.484. The van der Waals surface area contributed by atoms with E-state index >= 15 is 0 Å². The van der Waals surface area contributed by atoms with Crippen molar-refractivity contribution >= 4 is 21.0 Å². The first kappa shape index (κ1) is 17.3. The third-order valence-electron chi connectivity index (χ3n) is 3.85. The molecule has 2 unspecified atom stereocenters. The van der Waals surface area contributed by atoms with Gasteiger partial charge in [0.15, 0.2) is 20.0 Å². The molecule has 0 aromatic heterocycles. The second-order valence-electron chi connectivity index (χ2n) is 5.47. The van der Waals surface area contributed by atoms with E-state index in [-0.39, 0.29) is 23.9 Å². The summed E-state index contributed by atoms with van der Waals surface area (Å²) < 4.78 is 43.5. The molecule has 0 radical (unpaired) electrons. The average molecular weight is 366 g/mol. The number of sulfone groups is 1. The molecule has 0 bridgehead atoms. The van der Waals surface area contributed by atoms with Gasteiger partial charge in [0.05, 0.1) is 17.1 Å². The number of benzene rings is 2. The Balaban J connectivity index is 2.01. The van der Waals surface area contributed by atoms with Gasteiger partial charge in [0.2, 0.25) is 0 Å². The molecule has 5 nitrogen and oxygen atoms in total. The minimum absolute atomic E-state index is 0.00724. The van der Waals surface area contributed by atoms with Crippen LogP contribution in [0.4, 0.5) is 0 Å². The van der Waals surface area contributed by atoms with Crippen LogP contribution in [0, 0.1) is 0 Å². The predicted molar refractivity (Wildman–Crippen MR) is 91.3 cm³/mol. The maximum Gasteiger partial charge on any atom is 0.184 e. The predicted octanol–water partition coefficient (Wildman–Crippen LogP) is 2.08. The van der Waals surface area contributed by atoms with Crippen molar-refractivity contribution in [3.05, 3.63) is 54.1 Å². The molecule has 3 rings (SSSR count).